The zero-order valence-corrected chi connectivity index (χ0v) is 36.5. The second-order valence-corrected chi connectivity index (χ2v) is 16.3. The summed E-state index contributed by atoms with van der Waals surface area (Å²) in [5, 5.41) is 53.3. The van der Waals surface area contributed by atoms with E-state index >= 15 is 0 Å². The molecule has 0 spiro atoms. The molecule has 0 radical (unpaired) electrons. The highest BCUT2D eigenvalue weighted by atomic mass is 32.2. The van der Waals surface area contributed by atoms with Gasteiger partial charge in [0.05, 0.1) is 35.7 Å². The maximum absolute atomic E-state index is 11.8. The van der Waals surface area contributed by atoms with Crippen molar-refractivity contribution in [1.29, 1.82) is 0 Å². The average Bonchev–Trinajstić information content (AvgIpc) is 3.24. The molecule has 24 nitrogen and oxygen atoms in total. The van der Waals surface area contributed by atoms with Crippen molar-refractivity contribution in [3.05, 3.63) is 130 Å². The number of phenolic OH excluding ortho intramolecular Hbond substituents is 1. The topological polar surface area (TPSA) is 391 Å². The van der Waals surface area contributed by atoms with Gasteiger partial charge in [0.15, 0.2) is 5.75 Å². The Morgan fingerprint density at radius 3 is 1.89 bits per heavy atom. The Morgan fingerprint density at radius 2 is 1.30 bits per heavy atom. The highest BCUT2D eigenvalue weighted by Crippen LogP contribution is 2.40. The molecule has 344 valence electrons. The highest BCUT2D eigenvalue weighted by molar-refractivity contribution is 7.86. The standard InChI is InChI=1S/C38H31N7O11S2.2O3S/c1-56-35-20-33(43-41-26-8-3-22(4-9-26)2-5-23-6-12-29(45(48)49)19-36(23)57(50,51)52)25(21-46)17-34(35)44-42-32-15-7-24-16-27(10-13-30(24)38(32)47)40-28-11-14-31(39)37(18-28)58(53,54)55;2*1-4(2)3/h2-20,40,46-47H,21,39H2,1H3,(H,50,51,52)(H,53,54,55);;. The number of ether oxygens (including phenoxy) is 1. The molecule has 0 aliphatic carbocycles. The molecule has 7 N–H and O–H groups in total. The Kier molecular flexibility index (Phi) is 17.1. The lowest BCUT2D eigenvalue weighted by Gasteiger charge is -2.11. The number of nitrogens with zero attached hydrogens (tertiary/aromatic N) is 5. The first kappa shape index (κ1) is 50.8. The largest absolute Gasteiger partial charge is 0.505 e. The van der Waals surface area contributed by atoms with Crippen molar-refractivity contribution in [2.45, 2.75) is 16.4 Å². The maximum Gasteiger partial charge on any atom is 0.425 e. The summed E-state index contributed by atoms with van der Waals surface area (Å²) in [5.41, 5.74) is 8.02. The molecular formula is C38H31N7O17S4. The number of hydrogen-bond acceptors (Lipinski definition) is 21. The van der Waals surface area contributed by atoms with Crippen LogP contribution in [0.3, 0.4) is 0 Å². The Morgan fingerprint density at radius 1 is 0.712 bits per heavy atom. The van der Waals surface area contributed by atoms with Crippen LogP contribution in [0.4, 0.5) is 45.5 Å². The van der Waals surface area contributed by atoms with Gasteiger partial charge in [0, 0.05) is 40.5 Å². The summed E-state index contributed by atoms with van der Waals surface area (Å²) in [6.45, 7) is -0.441. The van der Waals surface area contributed by atoms with E-state index in [9.17, 15) is 46.3 Å². The summed E-state index contributed by atoms with van der Waals surface area (Å²) >= 11 is 0. The fourth-order valence-corrected chi connectivity index (χ4v) is 6.93. The summed E-state index contributed by atoms with van der Waals surface area (Å²) in [5.74, 6) is 0.0677. The molecule has 0 bridgehead atoms. The van der Waals surface area contributed by atoms with Gasteiger partial charge in [-0.3, -0.25) is 19.2 Å². The second-order valence-electron chi connectivity index (χ2n) is 12.7. The minimum absolute atomic E-state index is 0.0436. The molecule has 0 aromatic heterocycles. The SMILES string of the molecule is COc1cc(N=Nc2ccc(C=Cc3ccc([N+](=O)[O-])cc3S(=O)(=O)O)cc2)c(CO)cc1N=Nc1ccc2cc(Nc3ccc(N)c(S(=O)(=O)O)c3)ccc2c1O.O=S(=O)=O.O=S(=O)=O. The number of fused-ring (bicyclic) bond motifs is 1. The minimum Gasteiger partial charge on any atom is -0.505 e. The number of nitrogen functional groups attached to an aromatic ring is 1. The van der Waals surface area contributed by atoms with Crippen molar-refractivity contribution >= 4 is 110 Å². The van der Waals surface area contributed by atoms with E-state index < -0.39 is 68.5 Å². The number of methoxy groups -OCH3 is 1. The molecule has 6 rings (SSSR count). The van der Waals surface area contributed by atoms with Gasteiger partial charge < -0.3 is 26.0 Å². The van der Waals surface area contributed by atoms with Gasteiger partial charge in [-0.15, -0.1) is 35.5 Å². The molecule has 66 heavy (non-hydrogen) atoms. The smallest absolute Gasteiger partial charge is 0.425 e. The number of non-ortho nitro benzene ring substituents is 1. The zero-order valence-electron chi connectivity index (χ0n) is 33.2. The fraction of sp³-hybridized carbons (Fsp3) is 0.0526. The van der Waals surface area contributed by atoms with Crippen LogP contribution < -0.4 is 15.8 Å². The number of aliphatic hydroxyl groups excluding tert-OH is 1. The number of nitrogens with one attached hydrogen (secondary N) is 1. The van der Waals surface area contributed by atoms with E-state index in [-0.39, 0.29) is 39.8 Å². The third-order valence-electron chi connectivity index (χ3n) is 8.47. The normalized spacial score (nSPS) is 11.5. The van der Waals surface area contributed by atoms with Crippen molar-refractivity contribution < 1.29 is 71.1 Å². The van der Waals surface area contributed by atoms with E-state index in [0.717, 1.165) is 12.1 Å². The van der Waals surface area contributed by atoms with Gasteiger partial charge >= 0.3 is 21.2 Å². The lowest BCUT2D eigenvalue weighted by Crippen LogP contribution is -2.04. The summed E-state index contributed by atoms with van der Waals surface area (Å²) in [6.07, 6.45) is 2.93. The average molecular weight is 986 g/mol. The Hall–Kier alpha value is -7.86. The molecule has 0 heterocycles. The maximum atomic E-state index is 11.8. The van der Waals surface area contributed by atoms with Crippen LogP contribution in [0.2, 0.25) is 0 Å². The first-order valence-electron chi connectivity index (χ1n) is 17.6. The van der Waals surface area contributed by atoms with Crippen molar-refractivity contribution in [1.82, 2.24) is 0 Å². The number of benzene rings is 6. The molecule has 6 aromatic carbocycles. The summed E-state index contributed by atoms with van der Waals surface area (Å²) < 4.78 is 122. The van der Waals surface area contributed by atoms with Crippen LogP contribution in [0.15, 0.2) is 133 Å². The molecule has 0 fully saturated rings. The molecule has 0 amide bonds. The van der Waals surface area contributed by atoms with Crippen LogP contribution in [0.25, 0.3) is 22.9 Å². The number of nitrogens with two attached hydrogens (primary N) is 1. The number of aromatic hydroxyl groups is 1. The molecule has 0 aliphatic heterocycles. The first-order chi connectivity index (χ1) is 31.0. The summed E-state index contributed by atoms with van der Waals surface area (Å²) in [4.78, 5) is 9.25. The molecule has 0 saturated carbocycles. The molecule has 0 atom stereocenters. The predicted molar refractivity (Wildman–Crippen MR) is 235 cm³/mol. The van der Waals surface area contributed by atoms with Crippen LogP contribution in [-0.2, 0) is 48.1 Å². The van der Waals surface area contributed by atoms with Gasteiger partial charge in [-0.25, -0.2) is 0 Å². The number of rotatable bonds is 13. The van der Waals surface area contributed by atoms with Crippen molar-refractivity contribution in [2.75, 3.05) is 18.2 Å². The third-order valence-corrected chi connectivity index (χ3v) is 10.3. The minimum atomic E-state index is -4.74. The van der Waals surface area contributed by atoms with Gasteiger partial charge in [0.1, 0.15) is 26.9 Å². The third kappa shape index (κ3) is 14.3. The van der Waals surface area contributed by atoms with Crippen molar-refractivity contribution in [2.24, 2.45) is 20.5 Å². The predicted octanol–water partition coefficient (Wildman–Crippen LogP) is 6.77. The lowest BCUT2D eigenvalue weighted by atomic mass is 10.1. The van der Waals surface area contributed by atoms with E-state index in [1.807, 2.05) is 0 Å². The lowest BCUT2D eigenvalue weighted by molar-refractivity contribution is -0.385. The molecule has 28 heteroatoms. The van der Waals surface area contributed by atoms with Crippen LogP contribution in [-0.4, -0.2) is 73.4 Å². The van der Waals surface area contributed by atoms with E-state index in [2.05, 4.69) is 25.8 Å². The zero-order chi connectivity index (χ0) is 48.9. The molecule has 0 unspecified atom stereocenters. The van der Waals surface area contributed by atoms with Gasteiger partial charge in [-0.1, -0.05) is 30.4 Å². The number of phenols is 1. The number of hydrogen-bond donors (Lipinski definition) is 6. The molecule has 0 saturated heterocycles. The van der Waals surface area contributed by atoms with Crippen LogP contribution in [0.5, 0.6) is 11.5 Å². The van der Waals surface area contributed by atoms with Crippen LogP contribution in [0.1, 0.15) is 16.7 Å². The quantitative estimate of drug-likeness (QED) is 0.0174. The van der Waals surface area contributed by atoms with E-state index in [1.54, 1.807) is 66.7 Å². The first-order valence-corrected chi connectivity index (χ1v) is 22.5. The molecule has 0 aliphatic rings. The summed E-state index contributed by atoms with van der Waals surface area (Å²) in [7, 11) is -14.1. The molecular weight excluding hydrogens is 955 g/mol. The Balaban J connectivity index is 0.00000110. The number of azo groups is 2. The van der Waals surface area contributed by atoms with Gasteiger partial charge in [-0.2, -0.15) is 27.1 Å². The number of nitro benzene ring substituents is 1. The summed E-state index contributed by atoms with van der Waals surface area (Å²) in [6, 6.07) is 25.0. The highest BCUT2D eigenvalue weighted by Gasteiger charge is 2.19. The molecule has 6 aromatic rings. The van der Waals surface area contributed by atoms with Crippen molar-refractivity contribution in [3.8, 4) is 11.5 Å². The van der Waals surface area contributed by atoms with Gasteiger partial charge in [0.25, 0.3) is 25.9 Å². The van der Waals surface area contributed by atoms with E-state index in [4.69, 9.17) is 35.7 Å². The van der Waals surface area contributed by atoms with Crippen LogP contribution >= 0.6 is 0 Å². The van der Waals surface area contributed by atoms with Crippen molar-refractivity contribution in [3.63, 3.8) is 0 Å². The Bertz CT molecular complexity index is 3350. The van der Waals surface area contributed by atoms with E-state index in [0.29, 0.717) is 39.0 Å². The number of nitro groups is 1. The Labute approximate surface area is 375 Å². The number of anilines is 3. The van der Waals surface area contributed by atoms with E-state index in [1.165, 1.54) is 43.5 Å². The van der Waals surface area contributed by atoms with Gasteiger partial charge in [0.2, 0.25) is 0 Å². The fourth-order valence-electron chi connectivity index (χ4n) is 5.58. The van der Waals surface area contributed by atoms with Crippen LogP contribution in [0, 0.1) is 10.1 Å². The second kappa shape index (κ2) is 22.2. The number of aliphatic hydroxyl groups is 1. The monoisotopic (exact) mass is 985 g/mol. The van der Waals surface area contributed by atoms with Gasteiger partial charge in [-0.05, 0) is 83.2 Å².